The van der Waals surface area contributed by atoms with E-state index in [1.54, 1.807) is 12.1 Å². The molecule has 0 saturated heterocycles. The first-order chi connectivity index (χ1) is 13.5. The summed E-state index contributed by atoms with van der Waals surface area (Å²) in [5, 5.41) is 5.87. The van der Waals surface area contributed by atoms with Crippen molar-refractivity contribution in [3.8, 4) is 0 Å². The van der Waals surface area contributed by atoms with Crippen LogP contribution in [0.15, 0.2) is 66.9 Å². The number of anilines is 1. The van der Waals surface area contributed by atoms with Crippen molar-refractivity contribution in [2.45, 2.75) is 6.42 Å². The van der Waals surface area contributed by atoms with Crippen molar-refractivity contribution in [2.24, 2.45) is 0 Å². The lowest BCUT2D eigenvalue weighted by Gasteiger charge is -2.08. The lowest BCUT2D eigenvalue weighted by molar-refractivity contribution is 0.0954. The maximum atomic E-state index is 13.7. The highest BCUT2D eigenvalue weighted by atomic mass is 35.5. The molecule has 1 heterocycles. The lowest BCUT2D eigenvalue weighted by atomic mass is 10.1. The molecule has 0 aliphatic rings. The second kappa shape index (κ2) is 9.10. The van der Waals surface area contributed by atoms with Crippen LogP contribution >= 0.6 is 11.6 Å². The number of hydrogen-bond acceptors (Lipinski definition) is 3. The minimum atomic E-state index is -0.598. The largest absolute Gasteiger partial charge is 0.352 e. The summed E-state index contributed by atoms with van der Waals surface area (Å²) in [5.41, 5.74) is 1.36. The molecule has 2 amide bonds. The molecule has 0 bridgehead atoms. The number of nitrogens with zero attached hydrogens (tertiary/aromatic N) is 1. The van der Waals surface area contributed by atoms with Crippen molar-refractivity contribution in [1.29, 1.82) is 0 Å². The minimum Gasteiger partial charge on any atom is -0.352 e. The van der Waals surface area contributed by atoms with Crippen LogP contribution in [0.2, 0.25) is 5.02 Å². The van der Waals surface area contributed by atoms with Crippen LogP contribution in [0.1, 0.15) is 26.4 Å². The Hall–Kier alpha value is -3.25. The van der Waals surface area contributed by atoms with Gasteiger partial charge in [-0.1, -0.05) is 35.9 Å². The van der Waals surface area contributed by atoms with Gasteiger partial charge in [0.05, 0.1) is 5.69 Å². The van der Waals surface area contributed by atoms with Gasteiger partial charge in [-0.2, -0.15) is 0 Å². The van der Waals surface area contributed by atoms with Gasteiger partial charge >= 0.3 is 0 Å². The predicted molar refractivity (Wildman–Crippen MR) is 106 cm³/mol. The maximum absolute atomic E-state index is 13.7. The number of nitrogens with one attached hydrogen (secondary N) is 2. The number of halogens is 2. The first-order valence-electron chi connectivity index (χ1n) is 8.57. The molecule has 0 spiro atoms. The van der Waals surface area contributed by atoms with Crippen molar-refractivity contribution in [2.75, 3.05) is 11.9 Å². The number of hydrogen-bond donors (Lipinski definition) is 2. The SMILES string of the molecule is O=C(NCCc1cccc(Cl)c1)c1ccnc(C(=O)Nc2ccccc2F)c1. The summed E-state index contributed by atoms with van der Waals surface area (Å²) >= 11 is 5.94. The lowest BCUT2D eigenvalue weighted by Crippen LogP contribution is -2.26. The van der Waals surface area contributed by atoms with E-state index in [2.05, 4.69) is 15.6 Å². The quantitative estimate of drug-likeness (QED) is 0.657. The molecule has 0 aliphatic heterocycles. The van der Waals surface area contributed by atoms with Crippen LogP contribution in [-0.4, -0.2) is 23.3 Å². The number of carbonyl (C=O) groups excluding carboxylic acids is 2. The van der Waals surface area contributed by atoms with Crippen LogP contribution in [-0.2, 0) is 6.42 Å². The van der Waals surface area contributed by atoms with Gasteiger partial charge in [0.25, 0.3) is 11.8 Å². The van der Waals surface area contributed by atoms with Crippen LogP contribution < -0.4 is 10.6 Å². The van der Waals surface area contributed by atoms with Gasteiger partial charge in [-0.3, -0.25) is 14.6 Å². The fourth-order valence-corrected chi connectivity index (χ4v) is 2.77. The monoisotopic (exact) mass is 397 g/mol. The van der Waals surface area contributed by atoms with Crippen LogP contribution in [0.5, 0.6) is 0 Å². The van der Waals surface area contributed by atoms with E-state index < -0.39 is 11.7 Å². The van der Waals surface area contributed by atoms with E-state index in [9.17, 15) is 14.0 Å². The molecular weight excluding hydrogens is 381 g/mol. The molecule has 0 unspecified atom stereocenters. The van der Waals surface area contributed by atoms with Crippen molar-refractivity contribution in [3.05, 3.63) is 94.5 Å². The van der Waals surface area contributed by atoms with E-state index >= 15 is 0 Å². The molecule has 7 heteroatoms. The summed E-state index contributed by atoms with van der Waals surface area (Å²) in [5.74, 6) is -1.48. The minimum absolute atomic E-state index is 0.0192. The highest BCUT2D eigenvalue weighted by Gasteiger charge is 2.13. The van der Waals surface area contributed by atoms with Crippen molar-refractivity contribution >= 4 is 29.1 Å². The summed E-state index contributed by atoms with van der Waals surface area (Å²) in [6.45, 7) is 0.415. The Balaban J connectivity index is 1.61. The summed E-state index contributed by atoms with van der Waals surface area (Å²) < 4.78 is 13.7. The van der Waals surface area contributed by atoms with E-state index in [0.29, 0.717) is 23.6 Å². The fourth-order valence-electron chi connectivity index (χ4n) is 2.56. The smallest absolute Gasteiger partial charge is 0.274 e. The topological polar surface area (TPSA) is 71.1 Å². The Morgan fingerprint density at radius 3 is 2.61 bits per heavy atom. The number of rotatable bonds is 6. The van der Waals surface area contributed by atoms with Crippen molar-refractivity contribution < 1.29 is 14.0 Å². The Morgan fingerprint density at radius 2 is 1.82 bits per heavy atom. The van der Waals surface area contributed by atoms with Crippen LogP contribution in [0.25, 0.3) is 0 Å². The van der Waals surface area contributed by atoms with E-state index in [1.165, 1.54) is 36.5 Å². The van der Waals surface area contributed by atoms with Crippen LogP contribution in [0, 0.1) is 5.82 Å². The summed E-state index contributed by atoms with van der Waals surface area (Å²) in [4.78, 5) is 28.6. The zero-order valence-electron chi connectivity index (χ0n) is 14.8. The van der Waals surface area contributed by atoms with Gasteiger partial charge in [0, 0.05) is 23.3 Å². The first kappa shape index (κ1) is 19.5. The van der Waals surface area contributed by atoms with Gasteiger partial charge < -0.3 is 10.6 Å². The Kier molecular flexibility index (Phi) is 6.34. The summed E-state index contributed by atoms with van der Waals surface area (Å²) in [6, 6.07) is 16.1. The van der Waals surface area contributed by atoms with Gasteiger partial charge in [-0.25, -0.2) is 4.39 Å². The van der Waals surface area contributed by atoms with Gasteiger partial charge in [0.15, 0.2) is 0 Å². The second-order valence-electron chi connectivity index (χ2n) is 6.00. The standard InChI is InChI=1S/C21H17ClFN3O2/c22-16-5-3-4-14(12-16)8-10-25-20(27)15-9-11-24-19(13-15)21(28)26-18-7-2-1-6-17(18)23/h1-7,9,11-13H,8,10H2,(H,25,27)(H,26,28). The molecule has 2 aromatic carbocycles. The number of pyridine rings is 1. The number of benzene rings is 2. The number of aromatic nitrogens is 1. The fraction of sp³-hybridized carbons (Fsp3) is 0.0952. The van der Waals surface area contributed by atoms with Gasteiger partial charge in [0.1, 0.15) is 11.5 Å². The van der Waals surface area contributed by atoms with E-state index in [4.69, 9.17) is 11.6 Å². The highest BCUT2D eigenvalue weighted by molar-refractivity contribution is 6.30. The maximum Gasteiger partial charge on any atom is 0.274 e. The molecule has 0 aliphatic carbocycles. The summed E-state index contributed by atoms with van der Waals surface area (Å²) in [7, 11) is 0. The van der Waals surface area contributed by atoms with E-state index in [0.717, 1.165) is 5.56 Å². The zero-order chi connectivity index (χ0) is 19.9. The van der Waals surface area contributed by atoms with Gasteiger partial charge in [0.2, 0.25) is 0 Å². The molecule has 0 fully saturated rings. The molecule has 0 radical (unpaired) electrons. The molecule has 142 valence electrons. The van der Waals surface area contributed by atoms with Crippen molar-refractivity contribution in [3.63, 3.8) is 0 Å². The van der Waals surface area contributed by atoms with Crippen LogP contribution in [0.4, 0.5) is 10.1 Å². The normalized spacial score (nSPS) is 10.4. The Labute approximate surface area is 166 Å². The van der Waals surface area contributed by atoms with E-state index in [-0.39, 0.29) is 17.3 Å². The molecule has 3 aromatic rings. The highest BCUT2D eigenvalue weighted by Crippen LogP contribution is 2.14. The number of para-hydroxylation sites is 1. The second-order valence-corrected chi connectivity index (χ2v) is 6.44. The Bertz CT molecular complexity index is 1010. The average Bonchev–Trinajstić information content (AvgIpc) is 2.70. The third-order valence-corrected chi connectivity index (χ3v) is 4.20. The Morgan fingerprint density at radius 1 is 1.00 bits per heavy atom. The number of carbonyl (C=O) groups is 2. The van der Waals surface area contributed by atoms with Crippen LogP contribution in [0.3, 0.4) is 0 Å². The molecule has 2 N–H and O–H groups in total. The van der Waals surface area contributed by atoms with Gasteiger partial charge in [-0.15, -0.1) is 0 Å². The molecule has 5 nitrogen and oxygen atoms in total. The zero-order valence-corrected chi connectivity index (χ0v) is 15.5. The predicted octanol–water partition coefficient (Wildman–Crippen LogP) is 4.10. The van der Waals surface area contributed by atoms with Gasteiger partial charge in [-0.05, 0) is 48.4 Å². The molecule has 28 heavy (non-hydrogen) atoms. The first-order valence-corrected chi connectivity index (χ1v) is 8.95. The molecule has 1 aromatic heterocycles. The van der Waals surface area contributed by atoms with E-state index in [1.807, 2.05) is 18.2 Å². The van der Waals surface area contributed by atoms with Crippen molar-refractivity contribution in [1.82, 2.24) is 10.3 Å². The summed E-state index contributed by atoms with van der Waals surface area (Å²) in [6.07, 6.45) is 1.99. The number of amides is 2. The average molecular weight is 398 g/mol. The molecule has 3 rings (SSSR count). The third-order valence-electron chi connectivity index (χ3n) is 3.97. The molecular formula is C21H17ClFN3O2. The molecule has 0 saturated carbocycles. The third kappa shape index (κ3) is 5.14. The molecule has 0 atom stereocenters.